The van der Waals surface area contributed by atoms with Gasteiger partial charge in [0.1, 0.15) is 11.4 Å². The Balaban J connectivity index is 1.51. The highest BCUT2D eigenvalue weighted by atomic mass is 16.5. The predicted octanol–water partition coefficient (Wildman–Crippen LogP) is 2.98. The Morgan fingerprint density at radius 3 is 2.61 bits per heavy atom. The molecule has 28 heavy (non-hydrogen) atoms. The summed E-state index contributed by atoms with van der Waals surface area (Å²) in [5, 5.41) is 6.43. The van der Waals surface area contributed by atoms with E-state index in [0.717, 1.165) is 37.4 Å². The summed E-state index contributed by atoms with van der Waals surface area (Å²) in [6.45, 7) is 7.22. The zero-order valence-electron chi connectivity index (χ0n) is 17.3. The van der Waals surface area contributed by atoms with Crippen LogP contribution in [0.25, 0.3) is 0 Å². The molecular formula is C23H31N3O2. The summed E-state index contributed by atoms with van der Waals surface area (Å²) >= 11 is 0. The van der Waals surface area contributed by atoms with Crippen LogP contribution in [0.1, 0.15) is 40.9 Å². The lowest BCUT2D eigenvalue weighted by atomic mass is 10.0. The molecule has 1 aliphatic heterocycles. The number of likely N-dealkylation sites (N-methyl/N-ethyl adjacent to an activating group) is 1. The molecule has 1 heterocycles. The summed E-state index contributed by atoms with van der Waals surface area (Å²) in [7, 11) is 3.99. The van der Waals surface area contributed by atoms with Crippen LogP contribution in [-0.2, 0) is 19.5 Å². The molecule has 0 radical (unpaired) electrons. The maximum Gasteiger partial charge on any atom is 0.251 e. The van der Waals surface area contributed by atoms with E-state index in [1.807, 2.05) is 43.3 Å². The van der Waals surface area contributed by atoms with Gasteiger partial charge in [-0.1, -0.05) is 24.3 Å². The lowest BCUT2D eigenvalue weighted by molar-refractivity contribution is 0.0951. The Morgan fingerprint density at radius 1 is 1.11 bits per heavy atom. The van der Waals surface area contributed by atoms with Crippen molar-refractivity contribution >= 4 is 5.91 Å². The van der Waals surface area contributed by atoms with Crippen LogP contribution in [0, 0.1) is 0 Å². The van der Waals surface area contributed by atoms with Crippen LogP contribution in [0.4, 0.5) is 0 Å². The van der Waals surface area contributed by atoms with Gasteiger partial charge in [-0.2, -0.15) is 0 Å². The average Bonchev–Trinajstić information content (AvgIpc) is 2.94. The second kappa shape index (κ2) is 8.76. The molecule has 5 heteroatoms. The molecule has 1 aliphatic rings. The standard InChI is InChI=1S/C23H31N3O2/c1-23(2)14-20-13-18(8-9-21(20)28-23)16-24-15-17-6-5-7-19(12-17)22(27)25-10-11-26(3)4/h5-9,12-13,24H,10-11,14-16H2,1-4H3,(H,25,27). The van der Waals surface area contributed by atoms with Crippen molar-refractivity contribution < 1.29 is 9.53 Å². The Bertz CT molecular complexity index is 830. The van der Waals surface area contributed by atoms with Crippen LogP contribution >= 0.6 is 0 Å². The molecule has 0 atom stereocenters. The van der Waals surface area contributed by atoms with E-state index >= 15 is 0 Å². The van der Waals surface area contributed by atoms with E-state index < -0.39 is 0 Å². The largest absolute Gasteiger partial charge is 0.487 e. The van der Waals surface area contributed by atoms with Crippen molar-refractivity contribution in [3.8, 4) is 5.75 Å². The number of ether oxygens (including phenoxy) is 1. The first-order chi connectivity index (χ1) is 13.3. The van der Waals surface area contributed by atoms with Crippen molar-refractivity contribution in [2.45, 2.75) is 39.0 Å². The van der Waals surface area contributed by atoms with Crippen LogP contribution in [-0.4, -0.2) is 43.6 Å². The molecule has 2 aromatic carbocycles. The molecule has 3 rings (SSSR count). The van der Waals surface area contributed by atoms with Gasteiger partial charge < -0.3 is 20.3 Å². The van der Waals surface area contributed by atoms with Gasteiger partial charge in [-0.3, -0.25) is 4.79 Å². The number of nitrogens with one attached hydrogen (secondary N) is 2. The lowest BCUT2D eigenvalue weighted by Gasteiger charge is -2.16. The molecule has 0 spiro atoms. The number of benzene rings is 2. The van der Waals surface area contributed by atoms with Crippen LogP contribution in [0.2, 0.25) is 0 Å². The third kappa shape index (κ3) is 5.57. The van der Waals surface area contributed by atoms with Gasteiger partial charge in [0.15, 0.2) is 0 Å². The minimum atomic E-state index is -0.109. The maximum absolute atomic E-state index is 12.3. The predicted molar refractivity (Wildman–Crippen MR) is 113 cm³/mol. The summed E-state index contributed by atoms with van der Waals surface area (Å²) in [6, 6.07) is 14.2. The van der Waals surface area contributed by atoms with Gasteiger partial charge in [-0.15, -0.1) is 0 Å². The molecule has 0 aromatic heterocycles. The van der Waals surface area contributed by atoms with Crippen molar-refractivity contribution in [3.05, 3.63) is 64.7 Å². The zero-order chi connectivity index (χ0) is 20.1. The van der Waals surface area contributed by atoms with E-state index in [4.69, 9.17) is 4.74 Å². The number of amides is 1. The molecule has 0 aliphatic carbocycles. The van der Waals surface area contributed by atoms with Gasteiger partial charge in [-0.05, 0) is 62.8 Å². The van der Waals surface area contributed by atoms with Crippen LogP contribution in [0.15, 0.2) is 42.5 Å². The first-order valence-electron chi connectivity index (χ1n) is 9.86. The number of nitrogens with zero attached hydrogens (tertiary/aromatic N) is 1. The highest BCUT2D eigenvalue weighted by Gasteiger charge is 2.29. The summed E-state index contributed by atoms with van der Waals surface area (Å²) in [6.07, 6.45) is 0.946. The van der Waals surface area contributed by atoms with Gasteiger partial charge in [0.25, 0.3) is 5.91 Å². The number of carbonyl (C=O) groups is 1. The van der Waals surface area contributed by atoms with E-state index in [0.29, 0.717) is 12.1 Å². The number of hydrogen-bond donors (Lipinski definition) is 2. The molecule has 0 bridgehead atoms. The third-order valence-electron chi connectivity index (χ3n) is 4.82. The smallest absolute Gasteiger partial charge is 0.251 e. The number of fused-ring (bicyclic) bond motifs is 1. The van der Waals surface area contributed by atoms with Crippen molar-refractivity contribution in [2.24, 2.45) is 0 Å². The van der Waals surface area contributed by atoms with E-state index in [-0.39, 0.29) is 11.5 Å². The Morgan fingerprint density at radius 2 is 1.86 bits per heavy atom. The van der Waals surface area contributed by atoms with Crippen LogP contribution in [0.3, 0.4) is 0 Å². The summed E-state index contributed by atoms with van der Waals surface area (Å²) in [5.74, 6) is 0.978. The normalized spacial score (nSPS) is 14.6. The first kappa shape index (κ1) is 20.4. The molecule has 150 valence electrons. The molecule has 2 N–H and O–H groups in total. The second-order valence-corrected chi connectivity index (χ2v) is 8.34. The van der Waals surface area contributed by atoms with E-state index in [2.05, 4.69) is 42.7 Å². The summed E-state index contributed by atoms with van der Waals surface area (Å²) in [4.78, 5) is 14.3. The molecule has 1 amide bonds. The van der Waals surface area contributed by atoms with Gasteiger partial charge in [0.2, 0.25) is 0 Å². The number of carbonyl (C=O) groups excluding carboxylic acids is 1. The zero-order valence-corrected chi connectivity index (χ0v) is 17.3. The van der Waals surface area contributed by atoms with Crippen LogP contribution < -0.4 is 15.4 Å². The van der Waals surface area contributed by atoms with Gasteiger partial charge >= 0.3 is 0 Å². The average molecular weight is 382 g/mol. The van der Waals surface area contributed by atoms with Crippen molar-refractivity contribution in [1.82, 2.24) is 15.5 Å². The fourth-order valence-corrected chi connectivity index (χ4v) is 3.44. The Labute approximate surface area is 168 Å². The van der Waals surface area contributed by atoms with Gasteiger partial charge in [-0.25, -0.2) is 0 Å². The molecule has 2 aromatic rings. The molecule has 0 fully saturated rings. The van der Waals surface area contributed by atoms with Crippen molar-refractivity contribution in [3.63, 3.8) is 0 Å². The summed E-state index contributed by atoms with van der Waals surface area (Å²) < 4.78 is 5.94. The van der Waals surface area contributed by atoms with E-state index in [1.165, 1.54) is 11.1 Å². The lowest BCUT2D eigenvalue weighted by Crippen LogP contribution is -2.31. The maximum atomic E-state index is 12.3. The molecule has 0 saturated heterocycles. The number of rotatable bonds is 8. The quantitative estimate of drug-likeness (QED) is 0.738. The Hall–Kier alpha value is -2.37. The summed E-state index contributed by atoms with van der Waals surface area (Å²) in [5.41, 5.74) is 4.22. The second-order valence-electron chi connectivity index (χ2n) is 8.34. The third-order valence-corrected chi connectivity index (χ3v) is 4.82. The minimum Gasteiger partial charge on any atom is -0.487 e. The van der Waals surface area contributed by atoms with Gasteiger partial charge in [0.05, 0.1) is 0 Å². The topological polar surface area (TPSA) is 53.6 Å². The van der Waals surface area contributed by atoms with Crippen molar-refractivity contribution in [2.75, 3.05) is 27.2 Å². The SMILES string of the molecule is CN(C)CCNC(=O)c1cccc(CNCc2ccc3c(c2)CC(C)(C)O3)c1. The van der Waals surface area contributed by atoms with Gasteiger partial charge in [0, 0.05) is 38.2 Å². The fourth-order valence-electron chi connectivity index (χ4n) is 3.44. The highest BCUT2D eigenvalue weighted by Crippen LogP contribution is 2.35. The fraction of sp³-hybridized carbons (Fsp3) is 0.435. The molecule has 0 unspecified atom stereocenters. The molecule has 5 nitrogen and oxygen atoms in total. The first-order valence-corrected chi connectivity index (χ1v) is 9.86. The minimum absolute atomic E-state index is 0.0232. The monoisotopic (exact) mass is 381 g/mol. The van der Waals surface area contributed by atoms with E-state index in [1.54, 1.807) is 0 Å². The molecular weight excluding hydrogens is 350 g/mol. The molecule has 0 saturated carbocycles. The van der Waals surface area contributed by atoms with Crippen LogP contribution in [0.5, 0.6) is 5.75 Å². The van der Waals surface area contributed by atoms with E-state index in [9.17, 15) is 4.79 Å². The Kier molecular flexibility index (Phi) is 6.37. The van der Waals surface area contributed by atoms with Crippen molar-refractivity contribution in [1.29, 1.82) is 0 Å². The number of hydrogen-bond acceptors (Lipinski definition) is 4. The highest BCUT2D eigenvalue weighted by molar-refractivity contribution is 5.94.